The van der Waals surface area contributed by atoms with E-state index in [0.29, 0.717) is 23.3 Å². The zero-order valence-electron chi connectivity index (χ0n) is 15.8. The van der Waals surface area contributed by atoms with Crippen molar-refractivity contribution in [3.8, 4) is 5.75 Å². The fraction of sp³-hybridized carbons (Fsp3) is 0.0833. The molecule has 0 saturated carbocycles. The molecule has 0 radical (unpaired) electrons. The molecule has 0 unspecified atom stereocenters. The molecule has 0 atom stereocenters. The van der Waals surface area contributed by atoms with Crippen LogP contribution >= 0.6 is 11.6 Å². The van der Waals surface area contributed by atoms with Crippen LogP contribution in [0.15, 0.2) is 83.5 Å². The molecule has 0 aromatic heterocycles. The molecular weight excluding hydrogens is 386 g/mol. The normalized spacial score (nSPS) is 14.6. The van der Waals surface area contributed by atoms with Crippen molar-refractivity contribution in [2.75, 3.05) is 0 Å². The van der Waals surface area contributed by atoms with Gasteiger partial charge in [-0.15, -0.1) is 0 Å². The molecule has 144 valence electrons. The zero-order chi connectivity index (χ0) is 20.2. The van der Waals surface area contributed by atoms with E-state index in [1.807, 2.05) is 79.7 Å². The molecular formula is C24H18ClNO3. The first-order chi connectivity index (χ1) is 14.1. The Morgan fingerprint density at radius 2 is 1.72 bits per heavy atom. The summed E-state index contributed by atoms with van der Waals surface area (Å²) in [4.78, 5) is 16.5. The Labute approximate surface area is 174 Å². The van der Waals surface area contributed by atoms with E-state index in [-0.39, 0.29) is 5.70 Å². The monoisotopic (exact) mass is 403 g/mol. The lowest BCUT2D eigenvalue weighted by Gasteiger charge is -2.07. The Kier molecular flexibility index (Phi) is 5.45. The first-order valence-corrected chi connectivity index (χ1v) is 9.52. The van der Waals surface area contributed by atoms with Crippen molar-refractivity contribution in [3.63, 3.8) is 0 Å². The lowest BCUT2D eigenvalue weighted by atomic mass is 10.1. The highest BCUT2D eigenvalue weighted by atomic mass is 35.5. The Bertz CT molecular complexity index is 1100. The maximum Gasteiger partial charge on any atom is 0.363 e. The van der Waals surface area contributed by atoms with Crippen molar-refractivity contribution in [3.05, 3.63) is 106 Å². The summed E-state index contributed by atoms with van der Waals surface area (Å²) >= 11 is 6.14. The average molecular weight is 404 g/mol. The molecule has 0 bridgehead atoms. The van der Waals surface area contributed by atoms with Crippen LogP contribution in [0.4, 0.5) is 0 Å². The summed E-state index contributed by atoms with van der Waals surface area (Å²) in [7, 11) is 0. The summed E-state index contributed by atoms with van der Waals surface area (Å²) < 4.78 is 11.1. The Balaban J connectivity index is 1.46. The minimum atomic E-state index is -0.459. The molecule has 1 aliphatic rings. The third kappa shape index (κ3) is 4.55. The molecule has 0 amide bonds. The number of nitrogens with zero attached hydrogens (tertiary/aromatic N) is 1. The van der Waals surface area contributed by atoms with Crippen LogP contribution in [0.1, 0.15) is 22.3 Å². The van der Waals surface area contributed by atoms with Gasteiger partial charge in [-0.1, -0.05) is 59.6 Å². The molecule has 0 saturated heterocycles. The van der Waals surface area contributed by atoms with Crippen LogP contribution < -0.4 is 4.74 Å². The molecule has 3 aromatic rings. The second-order valence-electron chi connectivity index (χ2n) is 6.65. The number of carbonyl (C=O) groups is 1. The van der Waals surface area contributed by atoms with Gasteiger partial charge in [-0.05, 0) is 48.9 Å². The number of hydrogen-bond acceptors (Lipinski definition) is 4. The minimum Gasteiger partial charge on any atom is -0.489 e. The standard InChI is InChI=1S/C24H18ClNO3/c1-16-6-10-18(11-7-16)23-26-22(24(27)29-23)14-17-8-12-20(13-9-17)28-15-19-4-2-3-5-21(19)25/h2-14H,15H2,1H3. The average Bonchev–Trinajstić information content (AvgIpc) is 3.09. The molecule has 5 heteroatoms. The molecule has 4 nitrogen and oxygen atoms in total. The summed E-state index contributed by atoms with van der Waals surface area (Å²) in [5, 5.41) is 0.677. The lowest BCUT2D eigenvalue weighted by molar-refractivity contribution is -0.129. The number of cyclic esters (lactones) is 1. The summed E-state index contributed by atoms with van der Waals surface area (Å²) in [6, 6.07) is 22.7. The molecule has 1 heterocycles. The molecule has 0 spiro atoms. The van der Waals surface area contributed by atoms with E-state index in [1.54, 1.807) is 6.08 Å². The highest BCUT2D eigenvalue weighted by Crippen LogP contribution is 2.22. The lowest BCUT2D eigenvalue weighted by Crippen LogP contribution is -2.05. The third-order valence-corrected chi connectivity index (χ3v) is 4.82. The number of rotatable bonds is 5. The number of aryl methyl sites for hydroxylation is 1. The van der Waals surface area contributed by atoms with E-state index in [9.17, 15) is 4.79 Å². The number of ether oxygens (including phenoxy) is 2. The molecule has 0 aliphatic carbocycles. The Morgan fingerprint density at radius 3 is 2.45 bits per heavy atom. The van der Waals surface area contributed by atoms with Gasteiger partial charge in [-0.3, -0.25) is 0 Å². The topological polar surface area (TPSA) is 47.9 Å². The fourth-order valence-corrected chi connectivity index (χ4v) is 3.01. The first kappa shape index (κ1) is 19.0. The largest absolute Gasteiger partial charge is 0.489 e. The van der Waals surface area contributed by atoms with Crippen molar-refractivity contribution in [2.45, 2.75) is 13.5 Å². The van der Waals surface area contributed by atoms with Crippen LogP contribution in [0.5, 0.6) is 5.75 Å². The van der Waals surface area contributed by atoms with Crippen molar-refractivity contribution < 1.29 is 14.3 Å². The summed E-state index contributed by atoms with van der Waals surface area (Å²) in [5.41, 5.74) is 3.93. The van der Waals surface area contributed by atoms with Gasteiger partial charge in [-0.25, -0.2) is 9.79 Å². The van der Waals surface area contributed by atoms with Gasteiger partial charge in [0.1, 0.15) is 12.4 Å². The Morgan fingerprint density at radius 1 is 1.00 bits per heavy atom. The molecule has 1 aliphatic heterocycles. The van der Waals surface area contributed by atoms with Gasteiger partial charge in [0.05, 0.1) is 0 Å². The molecule has 4 rings (SSSR count). The van der Waals surface area contributed by atoms with Gasteiger partial charge >= 0.3 is 5.97 Å². The molecule has 3 aromatic carbocycles. The van der Waals surface area contributed by atoms with Gasteiger partial charge < -0.3 is 9.47 Å². The second-order valence-corrected chi connectivity index (χ2v) is 7.06. The third-order valence-electron chi connectivity index (χ3n) is 4.45. The molecule has 0 fully saturated rings. The highest BCUT2D eigenvalue weighted by Gasteiger charge is 2.23. The summed E-state index contributed by atoms with van der Waals surface area (Å²) in [6.45, 7) is 2.38. The number of carbonyl (C=O) groups excluding carboxylic acids is 1. The van der Waals surface area contributed by atoms with Gasteiger partial charge in [0.15, 0.2) is 5.70 Å². The predicted molar refractivity (Wildman–Crippen MR) is 114 cm³/mol. The first-order valence-electron chi connectivity index (χ1n) is 9.14. The fourth-order valence-electron chi connectivity index (χ4n) is 2.82. The number of halogens is 1. The maximum absolute atomic E-state index is 12.1. The summed E-state index contributed by atoms with van der Waals surface area (Å²) in [5.74, 6) is 0.575. The van der Waals surface area contributed by atoms with Crippen LogP contribution in [0.25, 0.3) is 6.08 Å². The smallest absolute Gasteiger partial charge is 0.363 e. The number of esters is 1. The zero-order valence-corrected chi connectivity index (χ0v) is 16.5. The SMILES string of the molecule is Cc1ccc(C2=NC(=Cc3ccc(OCc4ccccc4Cl)cc3)C(=O)O2)cc1. The van der Waals surface area contributed by atoms with Crippen molar-refractivity contribution >= 4 is 29.5 Å². The Hall–Kier alpha value is -3.37. The molecule has 0 N–H and O–H groups in total. The second kappa shape index (κ2) is 8.33. The number of aliphatic imine (C=N–C) groups is 1. The van der Waals surface area contributed by atoms with Gasteiger partial charge in [0.25, 0.3) is 0 Å². The van der Waals surface area contributed by atoms with Gasteiger partial charge in [0, 0.05) is 16.1 Å². The van der Waals surface area contributed by atoms with Crippen molar-refractivity contribution in [1.29, 1.82) is 0 Å². The highest BCUT2D eigenvalue weighted by molar-refractivity contribution is 6.31. The van der Waals surface area contributed by atoms with E-state index in [2.05, 4.69) is 4.99 Å². The van der Waals surface area contributed by atoms with E-state index in [0.717, 1.165) is 22.3 Å². The van der Waals surface area contributed by atoms with Crippen LogP contribution in [-0.2, 0) is 16.1 Å². The number of benzene rings is 3. The van der Waals surface area contributed by atoms with E-state index >= 15 is 0 Å². The van der Waals surface area contributed by atoms with Gasteiger partial charge in [0.2, 0.25) is 5.90 Å². The van der Waals surface area contributed by atoms with E-state index < -0.39 is 5.97 Å². The van der Waals surface area contributed by atoms with E-state index in [4.69, 9.17) is 21.1 Å². The van der Waals surface area contributed by atoms with Crippen LogP contribution in [0, 0.1) is 6.92 Å². The summed E-state index contributed by atoms with van der Waals surface area (Å²) in [6.07, 6.45) is 1.70. The minimum absolute atomic E-state index is 0.269. The van der Waals surface area contributed by atoms with Crippen LogP contribution in [0.2, 0.25) is 5.02 Å². The maximum atomic E-state index is 12.1. The quantitative estimate of drug-likeness (QED) is 0.413. The molecule has 29 heavy (non-hydrogen) atoms. The predicted octanol–water partition coefficient (Wildman–Crippen LogP) is 5.57. The number of hydrogen-bond donors (Lipinski definition) is 0. The van der Waals surface area contributed by atoms with E-state index in [1.165, 1.54) is 0 Å². The van der Waals surface area contributed by atoms with Gasteiger partial charge in [-0.2, -0.15) is 0 Å². The van der Waals surface area contributed by atoms with Crippen LogP contribution in [0.3, 0.4) is 0 Å². The van der Waals surface area contributed by atoms with Crippen LogP contribution in [-0.4, -0.2) is 11.9 Å². The van der Waals surface area contributed by atoms with Crippen molar-refractivity contribution in [1.82, 2.24) is 0 Å². The van der Waals surface area contributed by atoms with Crippen molar-refractivity contribution in [2.24, 2.45) is 4.99 Å².